The molecule has 2 amide bonds. The molecule has 0 N–H and O–H groups in total. The number of benzene rings is 1. The summed E-state index contributed by atoms with van der Waals surface area (Å²) < 4.78 is 3.96. The van der Waals surface area contributed by atoms with E-state index in [1.165, 1.54) is 19.1 Å². The highest BCUT2D eigenvalue weighted by atomic mass is 16.7. The van der Waals surface area contributed by atoms with Crippen molar-refractivity contribution in [1.82, 2.24) is 5.06 Å². The zero-order valence-electron chi connectivity index (χ0n) is 9.45. The highest BCUT2D eigenvalue weighted by molar-refractivity contribution is 6.20. The molecule has 0 unspecified atom stereocenters. The second kappa shape index (κ2) is 4.62. The van der Waals surface area contributed by atoms with Crippen LogP contribution >= 0.6 is 0 Å². The third-order valence-corrected chi connectivity index (χ3v) is 2.47. The fourth-order valence-corrected chi connectivity index (χ4v) is 1.56. The Morgan fingerprint density at radius 1 is 1.22 bits per heavy atom. The summed E-state index contributed by atoms with van der Waals surface area (Å²) in [7, 11) is 4.68. The van der Waals surface area contributed by atoms with Gasteiger partial charge < -0.3 is 4.65 Å². The number of fused-ring (bicyclic) bond motifs is 1. The van der Waals surface area contributed by atoms with Gasteiger partial charge in [0.15, 0.2) is 6.10 Å². The molecule has 0 aliphatic carbocycles. The van der Waals surface area contributed by atoms with Gasteiger partial charge in [-0.2, -0.15) is 0 Å². The first-order chi connectivity index (χ1) is 8.56. The maximum absolute atomic E-state index is 11.9. The number of imide groups is 1. The predicted octanol–water partition coefficient (Wildman–Crippen LogP) is 0.229. The smallest absolute Gasteiger partial charge is 0.378 e. The summed E-state index contributed by atoms with van der Waals surface area (Å²) in [6, 6.07) is 6.27. The number of carbonyl (C=O) groups excluding carboxylic acids is 3. The van der Waals surface area contributed by atoms with E-state index >= 15 is 0 Å². The van der Waals surface area contributed by atoms with Crippen LogP contribution < -0.4 is 0 Å². The molecule has 18 heavy (non-hydrogen) atoms. The maximum Gasteiger partial charge on any atom is 0.378 e. The van der Waals surface area contributed by atoms with Gasteiger partial charge in [-0.15, -0.1) is 5.06 Å². The Hall–Kier alpha value is -2.15. The highest BCUT2D eigenvalue weighted by Gasteiger charge is 2.38. The Balaban J connectivity index is 2.21. The van der Waals surface area contributed by atoms with Crippen molar-refractivity contribution >= 4 is 25.8 Å². The van der Waals surface area contributed by atoms with E-state index in [-0.39, 0.29) is 11.1 Å². The van der Waals surface area contributed by atoms with E-state index in [0.717, 1.165) is 0 Å². The lowest BCUT2D eigenvalue weighted by molar-refractivity contribution is -0.168. The number of carbonyl (C=O) groups is 3. The van der Waals surface area contributed by atoms with Crippen LogP contribution in [0, 0.1) is 0 Å². The minimum atomic E-state index is -1.16. The Kier molecular flexibility index (Phi) is 3.16. The van der Waals surface area contributed by atoms with Crippen LogP contribution in [-0.4, -0.2) is 37.0 Å². The molecular weight excluding hydrogens is 237 g/mol. The maximum atomic E-state index is 11.9. The Morgan fingerprint density at radius 3 is 2.17 bits per heavy atom. The third kappa shape index (κ3) is 1.88. The van der Waals surface area contributed by atoms with Crippen molar-refractivity contribution in [2.45, 2.75) is 13.0 Å². The lowest BCUT2D eigenvalue weighted by Crippen LogP contribution is -2.37. The van der Waals surface area contributed by atoms with Crippen LogP contribution in [0.5, 0.6) is 0 Å². The van der Waals surface area contributed by atoms with Crippen molar-refractivity contribution in [3.05, 3.63) is 35.4 Å². The molecule has 0 bridgehead atoms. The van der Waals surface area contributed by atoms with E-state index in [9.17, 15) is 14.4 Å². The number of hydrogen-bond acceptors (Lipinski definition) is 5. The van der Waals surface area contributed by atoms with Crippen LogP contribution in [0.25, 0.3) is 0 Å². The van der Waals surface area contributed by atoms with Crippen LogP contribution in [0.1, 0.15) is 27.6 Å². The average molecular weight is 245 g/mol. The lowest BCUT2D eigenvalue weighted by Gasteiger charge is -2.17. The molecule has 0 saturated heterocycles. The molecule has 1 atom stereocenters. The second-order valence-electron chi connectivity index (χ2n) is 3.63. The lowest BCUT2D eigenvalue weighted by atomic mass is 10.1. The summed E-state index contributed by atoms with van der Waals surface area (Å²) in [6.07, 6.45) is -1.16. The monoisotopic (exact) mass is 245 g/mol. The number of hydrogen-bond donors (Lipinski definition) is 0. The average Bonchev–Trinajstić information content (AvgIpc) is 2.63. The van der Waals surface area contributed by atoms with Crippen LogP contribution in [0.15, 0.2) is 24.3 Å². The van der Waals surface area contributed by atoms with Gasteiger partial charge in [-0.25, -0.2) is 4.84 Å². The van der Waals surface area contributed by atoms with E-state index in [2.05, 4.69) is 12.7 Å². The molecule has 1 aromatic carbocycles. The largest absolute Gasteiger partial charge is 0.541 e. The Morgan fingerprint density at radius 2 is 1.72 bits per heavy atom. The Labute approximate surface area is 104 Å². The zero-order valence-corrected chi connectivity index (χ0v) is 9.45. The molecule has 1 aliphatic heterocycles. The van der Waals surface area contributed by atoms with Gasteiger partial charge in [-0.05, 0) is 19.1 Å². The van der Waals surface area contributed by atoms with E-state index < -0.39 is 23.9 Å². The molecule has 0 aromatic heterocycles. The summed E-state index contributed by atoms with van der Waals surface area (Å²) in [4.78, 5) is 39.7. The topological polar surface area (TPSA) is 72.9 Å². The van der Waals surface area contributed by atoms with Crippen molar-refractivity contribution < 1.29 is 23.9 Å². The van der Waals surface area contributed by atoms with E-state index in [0.29, 0.717) is 5.06 Å². The minimum absolute atomic E-state index is 0.232. The number of nitrogens with zero attached hydrogens (tertiary/aromatic N) is 1. The molecule has 90 valence electrons. The number of amides is 2. The van der Waals surface area contributed by atoms with Gasteiger partial charge in [0.25, 0.3) is 11.8 Å². The highest BCUT2D eigenvalue weighted by Crippen LogP contribution is 2.23. The van der Waals surface area contributed by atoms with Crippen molar-refractivity contribution in [3.63, 3.8) is 0 Å². The molecule has 1 heterocycles. The molecule has 2 radical (unpaired) electrons. The van der Waals surface area contributed by atoms with Crippen molar-refractivity contribution in [1.29, 1.82) is 0 Å². The molecule has 1 aromatic rings. The van der Waals surface area contributed by atoms with Crippen molar-refractivity contribution in [2.24, 2.45) is 0 Å². The molecule has 7 heteroatoms. The van der Waals surface area contributed by atoms with Gasteiger partial charge >= 0.3 is 14.0 Å². The van der Waals surface area contributed by atoms with Gasteiger partial charge in [-0.3, -0.25) is 14.4 Å². The second-order valence-corrected chi connectivity index (χ2v) is 3.63. The van der Waals surface area contributed by atoms with Crippen LogP contribution in [0.3, 0.4) is 0 Å². The first-order valence-corrected chi connectivity index (χ1v) is 5.11. The van der Waals surface area contributed by atoms with Gasteiger partial charge in [0.2, 0.25) is 0 Å². The summed E-state index contributed by atoms with van der Waals surface area (Å²) in [6.45, 7) is 1.32. The molecule has 1 aliphatic rings. The van der Waals surface area contributed by atoms with Gasteiger partial charge in [-0.1, -0.05) is 12.1 Å². The van der Waals surface area contributed by atoms with E-state index in [4.69, 9.17) is 4.84 Å². The normalized spacial score (nSPS) is 15.5. The quantitative estimate of drug-likeness (QED) is 0.562. The van der Waals surface area contributed by atoms with Crippen LogP contribution in [0.4, 0.5) is 0 Å². The molecule has 0 fully saturated rings. The van der Waals surface area contributed by atoms with Crippen molar-refractivity contribution in [3.8, 4) is 0 Å². The van der Waals surface area contributed by atoms with Crippen LogP contribution in [-0.2, 0) is 14.3 Å². The molecular formula is C11H8BNO5. The van der Waals surface area contributed by atoms with Crippen LogP contribution in [0.2, 0.25) is 0 Å². The van der Waals surface area contributed by atoms with E-state index in [1.54, 1.807) is 12.1 Å². The molecule has 0 spiro atoms. The van der Waals surface area contributed by atoms with E-state index in [1.807, 2.05) is 0 Å². The fraction of sp³-hybridized carbons (Fsp3) is 0.182. The Bertz CT molecular complexity index is 495. The molecule has 6 nitrogen and oxygen atoms in total. The SMILES string of the molecule is [B]OC(=O)[C@H](C)ON1C(=O)c2ccccc2C1=O. The zero-order chi connectivity index (χ0) is 13.3. The predicted molar refractivity (Wildman–Crippen MR) is 59.3 cm³/mol. The summed E-state index contributed by atoms with van der Waals surface area (Å²) in [5, 5.41) is 0.534. The molecule has 2 rings (SSSR count). The van der Waals surface area contributed by atoms with Gasteiger partial charge in [0, 0.05) is 0 Å². The number of rotatable bonds is 3. The molecule has 0 saturated carbocycles. The first-order valence-electron chi connectivity index (χ1n) is 5.11. The van der Waals surface area contributed by atoms with Gasteiger partial charge in [0.1, 0.15) is 0 Å². The van der Waals surface area contributed by atoms with Crippen molar-refractivity contribution in [2.75, 3.05) is 0 Å². The first kappa shape index (κ1) is 12.3. The van der Waals surface area contributed by atoms with Gasteiger partial charge in [0.05, 0.1) is 11.1 Å². The standard InChI is InChI=1S/C11H8BNO5/c1-6(11(16)17-12)18-13-9(14)7-4-2-3-5-8(7)10(13)15/h2-6H,1H3/t6-/m0/s1. The minimum Gasteiger partial charge on any atom is -0.541 e. The summed E-state index contributed by atoms with van der Waals surface area (Å²) in [5.41, 5.74) is 0.464. The third-order valence-electron chi connectivity index (χ3n) is 2.47. The summed E-state index contributed by atoms with van der Waals surface area (Å²) >= 11 is 0. The summed E-state index contributed by atoms with van der Waals surface area (Å²) in [5.74, 6) is -2.12. The number of hydroxylamine groups is 2. The fourth-order valence-electron chi connectivity index (χ4n) is 1.56.